The summed E-state index contributed by atoms with van der Waals surface area (Å²) in [6.07, 6.45) is 0. The number of methoxy groups -OCH3 is 1. The van der Waals surface area contributed by atoms with E-state index in [1.807, 2.05) is 75.4 Å². The highest BCUT2D eigenvalue weighted by Crippen LogP contribution is 2.41. The lowest BCUT2D eigenvalue weighted by atomic mass is 9.92. The molecule has 1 saturated heterocycles. The highest BCUT2D eigenvalue weighted by molar-refractivity contribution is 6.46. The zero-order valence-electron chi connectivity index (χ0n) is 23.5. The molecule has 3 aromatic carbocycles. The monoisotopic (exact) mass is 527 g/mol. The number of carbonyl (C=O) groups excluding carboxylic acids is 2. The first-order valence-corrected chi connectivity index (χ1v) is 13.4. The Labute approximate surface area is 230 Å². The van der Waals surface area contributed by atoms with E-state index in [0.717, 1.165) is 28.0 Å². The molecule has 1 amide bonds. The van der Waals surface area contributed by atoms with Gasteiger partial charge in [0.05, 0.1) is 25.3 Å². The van der Waals surface area contributed by atoms with Crippen molar-refractivity contribution >= 4 is 17.4 Å². The molecule has 1 heterocycles. The summed E-state index contributed by atoms with van der Waals surface area (Å²) in [7, 11) is 1.60. The van der Waals surface area contributed by atoms with E-state index in [4.69, 9.17) is 9.47 Å². The van der Waals surface area contributed by atoms with Gasteiger partial charge in [-0.3, -0.25) is 9.59 Å². The van der Waals surface area contributed by atoms with E-state index in [0.29, 0.717) is 23.8 Å². The molecule has 0 aliphatic carbocycles. The van der Waals surface area contributed by atoms with Gasteiger partial charge >= 0.3 is 0 Å². The summed E-state index contributed by atoms with van der Waals surface area (Å²) >= 11 is 0. The number of nitrogens with zero attached hydrogens (tertiary/aromatic N) is 1. The number of aryl methyl sites for hydroxylation is 1. The first-order valence-electron chi connectivity index (χ1n) is 13.4. The summed E-state index contributed by atoms with van der Waals surface area (Å²) in [5.74, 6) is 0.481. The van der Waals surface area contributed by atoms with Gasteiger partial charge in [-0.25, -0.2) is 0 Å². The fourth-order valence-electron chi connectivity index (χ4n) is 4.87. The zero-order chi connectivity index (χ0) is 28.3. The average Bonchev–Trinajstić information content (AvgIpc) is 3.16. The Kier molecular flexibility index (Phi) is 8.44. The van der Waals surface area contributed by atoms with E-state index in [9.17, 15) is 14.7 Å². The molecule has 6 nitrogen and oxygen atoms in total. The van der Waals surface area contributed by atoms with Gasteiger partial charge in [-0.2, -0.15) is 0 Å². The van der Waals surface area contributed by atoms with E-state index < -0.39 is 17.7 Å². The third-order valence-electron chi connectivity index (χ3n) is 6.88. The third kappa shape index (κ3) is 6.00. The van der Waals surface area contributed by atoms with Gasteiger partial charge in [-0.05, 0) is 65.8 Å². The van der Waals surface area contributed by atoms with E-state index in [-0.39, 0.29) is 23.8 Å². The van der Waals surface area contributed by atoms with Crippen LogP contribution in [0.5, 0.6) is 11.5 Å². The van der Waals surface area contributed by atoms with Crippen molar-refractivity contribution in [2.75, 3.05) is 13.7 Å². The number of amides is 1. The van der Waals surface area contributed by atoms with Gasteiger partial charge in [0.1, 0.15) is 17.3 Å². The maximum atomic E-state index is 13.5. The molecular formula is C33H37NO5. The first kappa shape index (κ1) is 28.0. The lowest BCUT2D eigenvalue weighted by Crippen LogP contribution is -2.29. The second-order valence-corrected chi connectivity index (χ2v) is 10.8. The number of aliphatic hydroxyl groups is 1. The van der Waals surface area contributed by atoms with Crippen LogP contribution in [0.25, 0.3) is 5.76 Å². The maximum absolute atomic E-state index is 13.5. The molecule has 204 valence electrons. The molecule has 6 heteroatoms. The number of likely N-dealkylation sites (tertiary alicyclic amines) is 1. The van der Waals surface area contributed by atoms with Gasteiger partial charge < -0.3 is 19.5 Å². The molecule has 0 saturated carbocycles. The Bertz CT molecular complexity index is 1390. The Morgan fingerprint density at radius 1 is 0.974 bits per heavy atom. The Morgan fingerprint density at radius 3 is 2.31 bits per heavy atom. The van der Waals surface area contributed by atoms with Crippen LogP contribution in [0.4, 0.5) is 0 Å². The molecule has 0 bridgehead atoms. The van der Waals surface area contributed by atoms with Crippen LogP contribution in [-0.4, -0.2) is 35.4 Å². The minimum absolute atomic E-state index is 0.0855. The number of aliphatic hydroxyl groups excluding tert-OH is 1. The molecule has 1 fully saturated rings. The molecule has 1 aliphatic rings. The predicted octanol–water partition coefficient (Wildman–Crippen LogP) is 6.78. The molecule has 39 heavy (non-hydrogen) atoms. The Hall–Kier alpha value is -4.06. The fraction of sp³-hybridized carbons (Fsp3) is 0.333. The number of hydrogen-bond acceptors (Lipinski definition) is 5. The van der Waals surface area contributed by atoms with Crippen LogP contribution in [0.3, 0.4) is 0 Å². The minimum Gasteiger partial charge on any atom is -0.507 e. The van der Waals surface area contributed by atoms with Crippen molar-refractivity contribution in [2.24, 2.45) is 5.92 Å². The number of hydrogen-bond donors (Lipinski definition) is 1. The van der Waals surface area contributed by atoms with E-state index in [1.165, 1.54) is 0 Å². The second kappa shape index (κ2) is 11.8. The number of ether oxygens (including phenoxy) is 2. The minimum atomic E-state index is -0.730. The predicted molar refractivity (Wildman–Crippen MR) is 153 cm³/mol. The zero-order valence-corrected chi connectivity index (χ0v) is 23.5. The molecule has 0 aromatic heterocycles. The maximum Gasteiger partial charge on any atom is 0.295 e. The number of rotatable bonds is 9. The van der Waals surface area contributed by atoms with Gasteiger partial charge in [0.25, 0.3) is 11.7 Å². The smallest absolute Gasteiger partial charge is 0.295 e. The van der Waals surface area contributed by atoms with Gasteiger partial charge in [0.2, 0.25) is 0 Å². The van der Waals surface area contributed by atoms with Crippen LogP contribution < -0.4 is 9.47 Å². The van der Waals surface area contributed by atoms with Gasteiger partial charge in [0.15, 0.2) is 0 Å². The molecule has 0 spiro atoms. The summed E-state index contributed by atoms with van der Waals surface area (Å²) in [5.41, 5.74) is 4.09. The van der Waals surface area contributed by atoms with Crippen LogP contribution in [-0.2, 0) is 16.1 Å². The van der Waals surface area contributed by atoms with Gasteiger partial charge in [-0.15, -0.1) is 0 Å². The lowest BCUT2D eigenvalue weighted by molar-refractivity contribution is -0.140. The molecule has 0 radical (unpaired) electrons. The van der Waals surface area contributed by atoms with Crippen LogP contribution in [0.2, 0.25) is 0 Å². The normalized spacial score (nSPS) is 16.8. The number of benzene rings is 3. The topological polar surface area (TPSA) is 76.1 Å². The highest BCUT2D eigenvalue weighted by atomic mass is 16.5. The van der Waals surface area contributed by atoms with Crippen molar-refractivity contribution in [2.45, 2.75) is 53.1 Å². The molecule has 1 N–H and O–H groups in total. The van der Waals surface area contributed by atoms with Crippen LogP contribution in [0, 0.1) is 12.8 Å². The van der Waals surface area contributed by atoms with Crippen molar-refractivity contribution in [3.05, 3.63) is 100 Å². The van der Waals surface area contributed by atoms with Crippen LogP contribution in [0.1, 0.15) is 67.5 Å². The SMILES string of the molecule is COc1ccc(/C(O)=C2/C(=O)C(=O)N(Cc3ccc(OCC(C)C)cc3)C2c2cccc(C)c2)cc1C(C)C. The van der Waals surface area contributed by atoms with Gasteiger partial charge in [-0.1, -0.05) is 69.7 Å². The fourth-order valence-corrected chi connectivity index (χ4v) is 4.87. The summed E-state index contributed by atoms with van der Waals surface area (Å²) in [6, 6.07) is 19.9. The summed E-state index contributed by atoms with van der Waals surface area (Å²) in [6.45, 7) is 11.0. The van der Waals surface area contributed by atoms with Crippen molar-refractivity contribution in [1.82, 2.24) is 4.90 Å². The molecular weight excluding hydrogens is 490 g/mol. The molecule has 3 aromatic rings. The Morgan fingerprint density at radius 2 is 1.69 bits per heavy atom. The number of carbonyl (C=O) groups is 2. The largest absolute Gasteiger partial charge is 0.507 e. The summed E-state index contributed by atoms with van der Waals surface area (Å²) in [5, 5.41) is 11.5. The highest BCUT2D eigenvalue weighted by Gasteiger charge is 2.46. The van der Waals surface area contributed by atoms with E-state index in [2.05, 4.69) is 13.8 Å². The quantitative estimate of drug-likeness (QED) is 0.189. The van der Waals surface area contributed by atoms with Crippen molar-refractivity contribution in [3.63, 3.8) is 0 Å². The van der Waals surface area contributed by atoms with E-state index in [1.54, 1.807) is 24.1 Å². The average molecular weight is 528 g/mol. The van der Waals surface area contributed by atoms with Crippen molar-refractivity contribution in [3.8, 4) is 11.5 Å². The molecule has 1 atom stereocenters. The van der Waals surface area contributed by atoms with Crippen LogP contribution >= 0.6 is 0 Å². The first-order chi connectivity index (χ1) is 18.6. The molecule has 1 aliphatic heterocycles. The summed E-state index contributed by atoms with van der Waals surface area (Å²) < 4.78 is 11.3. The molecule has 4 rings (SSSR count). The lowest BCUT2D eigenvalue weighted by Gasteiger charge is -2.26. The van der Waals surface area contributed by atoms with Crippen LogP contribution in [0.15, 0.2) is 72.3 Å². The second-order valence-electron chi connectivity index (χ2n) is 10.8. The van der Waals surface area contributed by atoms with Crippen molar-refractivity contribution in [1.29, 1.82) is 0 Å². The molecule has 1 unspecified atom stereocenters. The number of Topliss-reactive ketones (excluding diaryl/α,β-unsaturated/α-hetero) is 1. The number of ketones is 1. The third-order valence-corrected chi connectivity index (χ3v) is 6.88. The standard InChI is InChI=1S/C33H37NO5/c1-20(2)19-39-26-13-10-23(11-14-26)18-34-30(24-9-7-8-22(5)16-24)29(32(36)33(34)37)31(35)25-12-15-28(38-6)27(17-25)21(3)4/h7-17,20-21,30,35H,18-19H2,1-6H3/b31-29-. The van der Waals surface area contributed by atoms with Gasteiger partial charge in [0, 0.05) is 12.1 Å². The van der Waals surface area contributed by atoms with Crippen molar-refractivity contribution < 1.29 is 24.2 Å². The summed E-state index contributed by atoms with van der Waals surface area (Å²) in [4.78, 5) is 28.5. The Balaban J connectivity index is 1.77. The van der Waals surface area contributed by atoms with E-state index >= 15 is 0 Å².